The van der Waals surface area contributed by atoms with Crippen molar-refractivity contribution >= 4 is 5.96 Å². The SMILES string of the molecule is CN=C(NCCN1CCCCC1C)NC1CCN(CC(F)(F)F)C1. The average Bonchev–Trinajstić information content (AvgIpc) is 2.93. The largest absolute Gasteiger partial charge is 0.401 e. The Morgan fingerprint density at radius 3 is 2.67 bits per heavy atom. The van der Waals surface area contributed by atoms with Gasteiger partial charge in [0.15, 0.2) is 5.96 Å². The van der Waals surface area contributed by atoms with Crippen LogP contribution in [0.1, 0.15) is 32.6 Å². The summed E-state index contributed by atoms with van der Waals surface area (Å²) in [6.07, 6.45) is 0.406. The van der Waals surface area contributed by atoms with Gasteiger partial charge in [-0.15, -0.1) is 0 Å². The van der Waals surface area contributed by atoms with Crippen molar-refractivity contribution in [3.63, 3.8) is 0 Å². The van der Waals surface area contributed by atoms with E-state index in [1.807, 2.05) is 0 Å². The highest BCUT2D eigenvalue weighted by Gasteiger charge is 2.34. The molecule has 140 valence electrons. The standard InChI is InChI=1S/C16H30F3N5/c1-13-5-3-4-8-24(13)10-7-21-15(20-2)22-14-6-9-23(11-14)12-16(17,18)19/h13-14H,3-12H2,1-2H3,(H2,20,21,22). The fourth-order valence-electron chi connectivity index (χ4n) is 3.54. The van der Waals surface area contributed by atoms with Crippen LogP contribution in [0.4, 0.5) is 13.2 Å². The van der Waals surface area contributed by atoms with Crippen LogP contribution >= 0.6 is 0 Å². The van der Waals surface area contributed by atoms with Crippen LogP contribution in [0, 0.1) is 0 Å². The molecule has 0 radical (unpaired) electrons. The summed E-state index contributed by atoms with van der Waals surface area (Å²) < 4.78 is 37.3. The molecule has 5 nitrogen and oxygen atoms in total. The third-order valence-electron chi connectivity index (χ3n) is 4.87. The Morgan fingerprint density at radius 1 is 1.21 bits per heavy atom. The number of rotatable bonds is 5. The van der Waals surface area contributed by atoms with Crippen molar-refractivity contribution in [2.45, 2.75) is 50.9 Å². The molecule has 2 rings (SSSR count). The molecule has 0 aromatic heterocycles. The Kier molecular flexibility index (Phi) is 7.16. The number of guanidine groups is 1. The van der Waals surface area contributed by atoms with Gasteiger partial charge in [-0.1, -0.05) is 6.42 Å². The monoisotopic (exact) mass is 349 g/mol. The van der Waals surface area contributed by atoms with Gasteiger partial charge in [-0.2, -0.15) is 13.2 Å². The van der Waals surface area contributed by atoms with Gasteiger partial charge in [0.25, 0.3) is 0 Å². The van der Waals surface area contributed by atoms with E-state index in [2.05, 4.69) is 27.4 Å². The molecule has 0 saturated carbocycles. The first kappa shape index (κ1) is 19.3. The summed E-state index contributed by atoms with van der Waals surface area (Å²) in [5.74, 6) is 0.679. The molecule has 0 aromatic rings. The molecule has 0 aromatic carbocycles. The van der Waals surface area contributed by atoms with E-state index in [9.17, 15) is 13.2 Å². The number of hydrogen-bond acceptors (Lipinski definition) is 3. The molecule has 8 heteroatoms. The second-order valence-corrected chi connectivity index (χ2v) is 6.86. The Hall–Kier alpha value is -1.02. The van der Waals surface area contributed by atoms with Crippen LogP contribution in [0.5, 0.6) is 0 Å². The van der Waals surface area contributed by atoms with Gasteiger partial charge in [-0.25, -0.2) is 0 Å². The number of alkyl halides is 3. The van der Waals surface area contributed by atoms with E-state index in [1.54, 1.807) is 7.05 Å². The topological polar surface area (TPSA) is 42.9 Å². The summed E-state index contributed by atoms with van der Waals surface area (Å²) in [4.78, 5) is 8.11. The number of nitrogens with zero attached hydrogens (tertiary/aromatic N) is 3. The van der Waals surface area contributed by atoms with Crippen LogP contribution in [0.2, 0.25) is 0 Å². The lowest BCUT2D eigenvalue weighted by Crippen LogP contribution is -2.48. The fraction of sp³-hybridized carbons (Fsp3) is 0.938. The molecule has 24 heavy (non-hydrogen) atoms. The lowest BCUT2D eigenvalue weighted by Gasteiger charge is -2.33. The minimum Gasteiger partial charge on any atom is -0.355 e. The van der Waals surface area contributed by atoms with Crippen molar-refractivity contribution in [2.24, 2.45) is 4.99 Å². The van der Waals surface area contributed by atoms with Crippen LogP contribution in [0.25, 0.3) is 0 Å². The third-order valence-corrected chi connectivity index (χ3v) is 4.87. The number of halogens is 3. The van der Waals surface area contributed by atoms with Crippen molar-refractivity contribution in [1.29, 1.82) is 0 Å². The minimum atomic E-state index is -4.13. The average molecular weight is 349 g/mol. The zero-order valence-corrected chi connectivity index (χ0v) is 14.7. The smallest absolute Gasteiger partial charge is 0.355 e. The van der Waals surface area contributed by atoms with E-state index < -0.39 is 12.7 Å². The van der Waals surface area contributed by atoms with E-state index in [1.165, 1.54) is 24.2 Å². The van der Waals surface area contributed by atoms with Gasteiger partial charge in [0.1, 0.15) is 0 Å². The van der Waals surface area contributed by atoms with Crippen molar-refractivity contribution in [3.05, 3.63) is 0 Å². The van der Waals surface area contributed by atoms with Crippen LogP contribution in [0.3, 0.4) is 0 Å². The minimum absolute atomic E-state index is 0.0208. The third kappa shape index (κ3) is 6.47. The van der Waals surface area contributed by atoms with E-state index in [0.29, 0.717) is 31.5 Å². The predicted octanol–water partition coefficient (Wildman–Crippen LogP) is 1.66. The van der Waals surface area contributed by atoms with Gasteiger partial charge in [-0.3, -0.25) is 14.8 Å². The first-order chi connectivity index (χ1) is 11.4. The van der Waals surface area contributed by atoms with Crippen LogP contribution in [-0.2, 0) is 0 Å². The Labute approximate surface area is 142 Å². The lowest BCUT2D eigenvalue weighted by molar-refractivity contribution is -0.143. The normalized spacial score (nSPS) is 27.5. The van der Waals surface area contributed by atoms with Gasteiger partial charge < -0.3 is 10.6 Å². The second-order valence-electron chi connectivity index (χ2n) is 6.86. The van der Waals surface area contributed by atoms with Crippen LogP contribution < -0.4 is 10.6 Å². The highest BCUT2D eigenvalue weighted by Crippen LogP contribution is 2.20. The van der Waals surface area contributed by atoms with Gasteiger partial charge in [0, 0.05) is 45.3 Å². The summed E-state index contributed by atoms with van der Waals surface area (Å²) in [6.45, 7) is 5.21. The predicted molar refractivity (Wildman–Crippen MR) is 90.3 cm³/mol. The highest BCUT2D eigenvalue weighted by molar-refractivity contribution is 5.80. The Bertz CT molecular complexity index is 413. The molecular weight excluding hydrogens is 319 g/mol. The Balaban J connectivity index is 1.67. The molecule has 2 heterocycles. The van der Waals surface area contributed by atoms with E-state index >= 15 is 0 Å². The van der Waals surface area contributed by atoms with Crippen molar-refractivity contribution in [1.82, 2.24) is 20.4 Å². The zero-order valence-electron chi connectivity index (χ0n) is 14.7. The van der Waals surface area contributed by atoms with E-state index in [-0.39, 0.29) is 6.04 Å². The van der Waals surface area contributed by atoms with Crippen molar-refractivity contribution in [3.8, 4) is 0 Å². The Morgan fingerprint density at radius 2 is 2.00 bits per heavy atom. The van der Waals surface area contributed by atoms with E-state index in [0.717, 1.165) is 19.6 Å². The summed E-state index contributed by atoms with van der Waals surface area (Å²) in [7, 11) is 1.70. The fourth-order valence-corrected chi connectivity index (χ4v) is 3.54. The molecule has 0 amide bonds. The second kappa shape index (κ2) is 8.89. The summed E-state index contributed by atoms with van der Waals surface area (Å²) in [5, 5.41) is 6.53. The summed E-state index contributed by atoms with van der Waals surface area (Å²) >= 11 is 0. The molecule has 2 fully saturated rings. The number of hydrogen-bond donors (Lipinski definition) is 2. The lowest BCUT2D eigenvalue weighted by atomic mass is 10.0. The molecule has 0 aliphatic carbocycles. The van der Waals surface area contributed by atoms with Gasteiger partial charge in [0.2, 0.25) is 0 Å². The summed E-state index contributed by atoms with van der Waals surface area (Å²) in [6, 6.07) is 0.647. The maximum absolute atomic E-state index is 12.4. The molecule has 2 aliphatic heterocycles. The molecule has 2 aliphatic rings. The number of likely N-dealkylation sites (tertiary alicyclic amines) is 2. The number of aliphatic imine (C=N–C) groups is 1. The molecule has 2 saturated heterocycles. The molecular formula is C16H30F3N5. The van der Waals surface area contributed by atoms with Crippen molar-refractivity contribution < 1.29 is 13.2 Å². The zero-order chi connectivity index (χ0) is 17.6. The molecule has 0 bridgehead atoms. The summed E-state index contributed by atoms with van der Waals surface area (Å²) in [5.41, 5.74) is 0. The van der Waals surface area contributed by atoms with Gasteiger partial charge in [-0.05, 0) is 32.7 Å². The maximum Gasteiger partial charge on any atom is 0.401 e. The first-order valence-corrected chi connectivity index (χ1v) is 8.87. The maximum atomic E-state index is 12.4. The molecule has 2 N–H and O–H groups in total. The molecule has 0 spiro atoms. The van der Waals surface area contributed by atoms with Crippen molar-refractivity contribution in [2.75, 3.05) is 46.3 Å². The first-order valence-electron chi connectivity index (χ1n) is 8.87. The molecule has 2 unspecified atom stereocenters. The van der Waals surface area contributed by atoms with Crippen LogP contribution in [-0.4, -0.2) is 80.3 Å². The molecule has 2 atom stereocenters. The van der Waals surface area contributed by atoms with Gasteiger partial charge >= 0.3 is 6.18 Å². The van der Waals surface area contributed by atoms with E-state index in [4.69, 9.17) is 0 Å². The highest BCUT2D eigenvalue weighted by atomic mass is 19.4. The van der Waals surface area contributed by atoms with Gasteiger partial charge in [0.05, 0.1) is 6.54 Å². The van der Waals surface area contributed by atoms with Crippen LogP contribution in [0.15, 0.2) is 4.99 Å². The quantitative estimate of drug-likeness (QED) is 0.585. The number of nitrogens with one attached hydrogen (secondary N) is 2. The number of piperidine rings is 1.